The molecule has 11 heteroatoms. The lowest BCUT2D eigenvalue weighted by atomic mass is 10.0. The summed E-state index contributed by atoms with van der Waals surface area (Å²) >= 11 is 0. The van der Waals surface area contributed by atoms with Crippen LogP contribution in [0.15, 0.2) is 64.0 Å². The van der Waals surface area contributed by atoms with Crippen LogP contribution in [0.1, 0.15) is 31.2 Å². The maximum absolute atomic E-state index is 12.9. The molecule has 1 fully saturated rings. The Labute approximate surface area is 197 Å². The van der Waals surface area contributed by atoms with E-state index in [1.165, 1.54) is 12.1 Å². The molecule has 1 amide bonds. The second-order valence-electron chi connectivity index (χ2n) is 7.80. The highest BCUT2D eigenvalue weighted by Gasteiger charge is 2.32. The van der Waals surface area contributed by atoms with E-state index in [0.29, 0.717) is 36.0 Å². The molecule has 1 aliphatic rings. The number of rotatable bonds is 9. The van der Waals surface area contributed by atoms with Crippen molar-refractivity contribution in [2.45, 2.75) is 30.2 Å². The van der Waals surface area contributed by atoms with Gasteiger partial charge < -0.3 is 19.3 Å². The van der Waals surface area contributed by atoms with Gasteiger partial charge in [0.1, 0.15) is 11.8 Å². The molecule has 34 heavy (non-hydrogen) atoms. The van der Waals surface area contributed by atoms with Gasteiger partial charge in [0.05, 0.1) is 11.5 Å². The summed E-state index contributed by atoms with van der Waals surface area (Å²) in [5, 5.41) is 12.9. The number of amides is 1. The van der Waals surface area contributed by atoms with Crippen LogP contribution in [0.3, 0.4) is 0 Å². The molecule has 1 aromatic heterocycles. The van der Waals surface area contributed by atoms with E-state index in [0.717, 1.165) is 12.8 Å². The number of benzene rings is 2. The van der Waals surface area contributed by atoms with E-state index in [9.17, 15) is 13.2 Å². The minimum Gasteiger partial charge on any atom is -0.484 e. The Hall–Kier alpha value is -3.28. The van der Waals surface area contributed by atoms with Gasteiger partial charge in [0.2, 0.25) is 21.7 Å². The van der Waals surface area contributed by atoms with Gasteiger partial charge in [-0.1, -0.05) is 23.4 Å². The maximum Gasteiger partial charge on any atom is 0.261 e. The minimum atomic E-state index is -3.71. The third kappa shape index (κ3) is 5.61. The van der Waals surface area contributed by atoms with Crippen molar-refractivity contribution in [3.8, 4) is 17.1 Å². The third-order valence-electron chi connectivity index (χ3n) is 5.48. The van der Waals surface area contributed by atoms with Crippen LogP contribution in [0.5, 0.6) is 5.75 Å². The number of carbonyl (C=O) groups is 1. The summed E-state index contributed by atoms with van der Waals surface area (Å²) in [6.07, 6.45) is 2.51. The predicted octanol–water partition coefficient (Wildman–Crippen LogP) is 2.14. The Kier molecular flexibility index (Phi) is 7.56. The van der Waals surface area contributed by atoms with Crippen molar-refractivity contribution >= 4 is 15.9 Å². The van der Waals surface area contributed by atoms with Crippen molar-refractivity contribution in [3.05, 3.63) is 60.5 Å². The van der Waals surface area contributed by atoms with Crippen LogP contribution in [-0.4, -0.2) is 60.8 Å². The van der Waals surface area contributed by atoms with Crippen molar-refractivity contribution in [1.29, 1.82) is 0 Å². The summed E-state index contributed by atoms with van der Waals surface area (Å²) in [7, 11) is -3.71. The number of ether oxygens (including phenoxy) is 1. The lowest BCUT2D eigenvalue weighted by molar-refractivity contribution is -0.138. The largest absolute Gasteiger partial charge is 0.484 e. The quantitative estimate of drug-likeness (QED) is 0.470. The fourth-order valence-corrected chi connectivity index (χ4v) is 4.79. The lowest BCUT2D eigenvalue weighted by Gasteiger charge is -2.33. The summed E-state index contributed by atoms with van der Waals surface area (Å²) < 4.78 is 37.8. The zero-order valence-electron chi connectivity index (χ0n) is 18.5. The van der Waals surface area contributed by atoms with Crippen LogP contribution in [0, 0.1) is 0 Å². The number of aliphatic hydroxyl groups is 1. The van der Waals surface area contributed by atoms with Gasteiger partial charge in [0.15, 0.2) is 6.61 Å². The van der Waals surface area contributed by atoms with Crippen LogP contribution in [-0.2, 0) is 14.8 Å². The van der Waals surface area contributed by atoms with Gasteiger partial charge in [-0.05, 0) is 55.7 Å². The molecular formula is C23H26N4O6S. The van der Waals surface area contributed by atoms with E-state index in [-0.39, 0.29) is 36.6 Å². The molecular weight excluding hydrogens is 460 g/mol. The average molecular weight is 487 g/mol. The Morgan fingerprint density at radius 3 is 2.65 bits per heavy atom. The molecule has 10 nitrogen and oxygen atoms in total. The van der Waals surface area contributed by atoms with Gasteiger partial charge in [-0.2, -0.15) is 4.98 Å². The number of sulfonamides is 1. The number of para-hydroxylation sites is 1. The van der Waals surface area contributed by atoms with Gasteiger partial charge in [-0.25, -0.2) is 13.1 Å². The van der Waals surface area contributed by atoms with Crippen molar-refractivity contribution in [2.75, 3.05) is 26.3 Å². The van der Waals surface area contributed by atoms with E-state index in [4.69, 9.17) is 14.4 Å². The maximum atomic E-state index is 12.9. The second kappa shape index (κ2) is 10.8. The number of piperidine rings is 1. The Bertz CT molecular complexity index is 1200. The van der Waals surface area contributed by atoms with Crippen LogP contribution in [0.25, 0.3) is 11.4 Å². The van der Waals surface area contributed by atoms with Gasteiger partial charge >= 0.3 is 0 Å². The molecule has 2 heterocycles. The summed E-state index contributed by atoms with van der Waals surface area (Å²) in [5.41, 5.74) is 0.581. The summed E-state index contributed by atoms with van der Waals surface area (Å²) in [6, 6.07) is 14.8. The molecule has 180 valence electrons. The summed E-state index contributed by atoms with van der Waals surface area (Å²) in [4.78, 5) is 19.1. The molecule has 2 N–H and O–H groups in total. The topological polar surface area (TPSA) is 135 Å². The van der Waals surface area contributed by atoms with Crippen LogP contribution < -0.4 is 9.46 Å². The summed E-state index contributed by atoms with van der Waals surface area (Å²) in [6.45, 7) is 0.141. The Morgan fingerprint density at radius 2 is 1.91 bits per heavy atom. The number of aromatic nitrogens is 2. The Balaban J connectivity index is 1.46. The van der Waals surface area contributed by atoms with Crippen LogP contribution in [0.4, 0.5) is 0 Å². The fourth-order valence-electron chi connectivity index (χ4n) is 3.77. The number of nitrogens with one attached hydrogen (secondary N) is 1. The van der Waals surface area contributed by atoms with Crippen molar-refractivity contribution in [1.82, 2.24) is 19.8 Å². The number of hydrogen-bond donors (Lipinski definition) is 2. The first kappa shape index (κ1) is 23.9. The van der Waals surface area contributed by atoms with Crippen molar-refractivity contribution in [2.24, 2.45) is 0 Å². The monoisotopic (exact) mass is 486 g/mol. The molecule has 1 unspecified atom stereocenters. The molecule has 1 aliphatic heterocycles. The summed E-state index contributed by atoms with van der Waals surface area (Å²) in [5.74, 6) is 1.12. The Morgan fingerprint density at radius 1 is 1.15 bits per heavy atom. The first-order valence-electron chi connectivity index (χ1n) is 11.0. The fraction of sp³-hybridized carbons (Fsp3) is 0.348. The van der Waals surface area contributed by atoms with Gasteiger partial charge in [0.25, 0.3) is 5.91 Å². The van der Waals surface area contributed by atoms with E-state index in [1.807, 2.05) is 18.2 Å². The molecule has 0 spiro atoms. The molecule has 0 aliphatic carbocycles. The molecule has 0 saturated carbocycles. The van der Waals surface area contributed by atoms with Crippen LogP contribution in [0.2, 0.25) is 0 Å². The van der Waals surface area contributed by atoms with E-state index in [2.05, 4.69) is 14.9 Å². The number of hydrogen-bond acceptors (Lipinski definition) is 8. The molecule has 1 saturated heterocycles. The van der Waals surface area contributed by atoms with Crippen molar-refractivity contribution < 1.29 is 27.6 Å². The number of aliphatic hydroxyl groups excluding tert-OH is 1. The normalized spacial score (nSPS) is 16.4. The molecule has 4 rings (SSSR count). The molecule has 2 aromatic carbocycles. The number of likely N-dealkylation sites (tertiary alicyclic amines) is 1. The second-order valence-corrected chi connectivity index (χ2v) is 9.57. The zero-order chi connectivity index (χ0) is 24.0. The zero-order valence-corrected chi connectivity index (χ0v) is 19.3. The highest BCUT2D eigenvalue weighted by molar-refractivity contribution is 7.89. The van der Waals surface area contributed by atoms with Crippen LogP contribution >= 0.6 is 0 Å². The minimum absolute atomic E-state index is 0.0642. The molecule has 0 bridgehead atoms. The first-order chi connectivity index (χ1) is 16.5. The van der Waals surface area contributed by atoms with E-state index < -0.39 is 10.0 Å². The highest BCUT2D eigenvalue weighted by atomic mass is 32.2. The van der Waals surface area contributed by atoms with E-state index in [1.54, 1.807) is 29.2 Å². The lowest BCUT2D eigenvalue weighted by Crippen LogP contribution is -2.41. The average Bonchev–Trinajstić information content (AvgIpc) is 3.37. The van der Waals surface area contributed by atoms with Gasteiger partial charge in [0, 0.05) is 18.7 Å². The predicted molar refractivity (Wildman–Crippen MR) is 122 cm³/mol. The molecule has 3 aromatic rings. The standard InChI is InChI=1S/C23H26N4O6S/c28-15-13-24-34(30,31)19-11-9-17(10-12-19)22-25-23(33-26-22)20-8-4-5-14-27(20)21(29)16-32-18-6-2-1-3-7-18/h1-3,6-7,9-12,20,24,28H,4-5,8,13-16H2. The van der Waals surface area contributed by atoms with Gasteiger partial charge in [-0.15, -0.1) is 0 Å². The smallest absolute Gasteiger partial charge is 0.261 e. The van der Waals surface area contributed by atoms with Crippen molar-refractivity contribution in [3.63, 3.8) is 0 Å². The third-order valence-corrected chi connectivity index (χ3v) is 6.96. The van der Waals surface area contributed by atoms with E-state index >= 15 is 0 Å². The first-order valence-corrected chi connectivity index (χ1v) is 12.5. The molecule has 0 radical (unpaired) electrons. The molecule has 1 atom stereocenters. The highest BCUT2D eigenvalue weighted by Crippen LogP contribution is 2.31. The van der Waals surface area contributed by atoms with Gasteiger partial charge in [-0.3, -0.25) is 4.79 Å². The SMILES string of the molecule is O=C(COc1ccccc1)N1CCCCC1c1nc(-c2ccc(S(=O)(=O)NCCO)cc2)no1. The number of nitrogens with zero attached hydrogens (tertiary/aromatic N) is 3. The number of carbonyl (C=O) groups excluding carboxylic acids is 1.